The molecule has 0 heterocycles. The largest absolute Gasteiger partial charge is 0.388 e. The van der Waals surface area contributed by atoms with E-state index in [4.69, 9.17) is 0 Å². The first-order valence-electron chi connectivity index (χ1n) is 15.9. The molecule has 10 unspecified atom stereocenters. The average Bonchev–Trinajstić information content (AvgIpc) is 2.97. The third kappa shape index (κ3) is 2.85. The summed E-state index contributed by atoms with van der Waals surface area (Å²) in [6, 6.07) is 0. The first-order chi connectivity index (χ1) is 19.4. The van der Waals surface area contributed by atoms with Crippen molar-refractivity contribution in [2.45, 2.75) is 77.4 Å². The molecule has 2 N–H and O–H groups in total. The minimum atomic E-state index is -0.659. The SMILES string of the molecule is CCC1C2CC3=C4C=C2CC2=CC5=C(CC21)C(O)C1CC2C(C=C1C5=O)CC1=CC(=C(CC1C2CC)C3O)C4=O. The van der Waals surface area contributed by atoms with Gasteiger partial charge in [-0.05, 0) is 96.7 Å². The van der Waals surface area contributed by atoms with E-state index in [1.807, 2.05) is 0 Å². The number of ketones is 2. The van der Waals surface area contributed by atoms with Crippen LogP contribution < -0.4 is 0 Å². The third-order valence-electron chi connectivity index (χ3n) is 13.0. The zero-order chi connectivity index (χ0) is 27.2. The smallest absolute Gasteiger partial charge is 0.193 e. The second kappa shape index (κ2) is 8.04. The molecule has 8 aliphatic rings. The second-order valence-electron chi connectivity index (χ2n) is 14.2. The van der Waals surface area contributed by atoms with Crippen molar-refractivity contribution in [3.63, 3.8) is 0 Å². The number of hydrogen-bond donors (Lipinski definition) is 2. The minimum Gasteiger partial charge on any atom is -0.388 e. The predicted molar refractivity (Wildman–Crippen MR) is 152 cm³/mol. The molecule has 10 atom stereocenters. The van der Waals surface area contributed by atoms with Gasteiger partial charge in [-0.1, -0.05) is 67.7 Å². The van der Waals surface area contributed by atoms with Crippen LogP contribution in [0.5, 0.6) is 0 Å². The van der Waals surface area contributed by atoms with Gasteiger partial charge in [0, 0.05) is 28.2 Å². The predicted octanol–water partition coefficient (Wildman–Crippen LogP) is 5.65. The van der Waals surface area contributed by atoms with Gasteiger partial charge >= 0.3 is 0 Å². The maximum absolute atomic E-state index is 14.1. The van der Waals surface area contributed by atoms with Crippen LogP contribution in [0.3, 0.4) is 0 Å². The second-order valence-corrected chi connectivity index (χ2v) is 14.2. The first kappa shape index (κ1) is 24.1. The van der Waals surface area contributed by atoms with E-state index in [-0.39, 0.29) is 23.4 Å². The highest BCUT2D eigenvalue weighted by molar-refractivity contribution is 6.15. The van der Waals surface area contributed by atoms with Crippen LogP contribution in [-0.2, 0) is 9.59 Å². The van der Waals surface area contributed by atoms with Gasteiger partial charge in [-0.15, -0.1) is 0 Å². The molecule has 0 aromatic heterocycles. The molecular weight excluding hydrogens is 496 g/mol. The van der Waals surface area contributed by atoms with E-state index in [2.05, 4.69) is 38.2 Å². The Hall–Kier alpha value is -2.56. The Morgan fingerprint density at radius 3 is 1.93 bits per heavy atom. The maximum atomic E-state index is 14.1. The Bertz CT molecular complexity index is 1540. The van der Waals surface area contributed by atoms with Crippen molar-refractivity contribution in [2.24, 2.45) is 47.3 Å². The summed E-state index contributed by atoms with van der Waals surface area (Å²) in [5.74, 6) is 2.54. The van der Waals surface area contributed by atoms with Crippen LogP contribution in [0.4, 0.5) is 0 Å². The molecule has 0 amide bonds. The van der Waals surface area contributed by atoms with Gasteiger partial charge in [-0.3, -0.25) is 9.59 Å². The van der Waals surface area contributed by atoms with Gasteiger partial charge in [0.2, 0.25) is 0 Å². The van der Waals surface area contributed by atoms with Crippen LogP contribution in [0.2, 0.25) is 0 Å². The molecular formula is C36H38O4. The molecule has 0 spiro atoms. The van der Waals surface area contributed by atoms with Crippen molar-refractivity contribution in [2.75, 3.05) is 0 Å². The monoisotopic (exact) mass is 534 g/mol. The van der Waals surface area contributed by atoms with E-state index in [1.54, 1.807) is 0 Å². The van der Waals surface area contributed by atoms with E-state index in [0.717, 1.165) is 90.4 Å². The van der Waals surface area contributed by atoms with Gasteiger partial charge in [0.15, 0.2) is 11.6 Å². The zero-order valence-corrected chi connectivity index (χ0v) is 23.5. The van der Waals surface area contributed by atoms with Crippen molar-refractivity contribution in [3.8, 4) is 0 Å². The molecule has 0 bridgehead atoms. The fourth-order valence-electron chi connectivity index (χ4n) is 11.2. The lowest BCUT2D eigenvalue weighted by molar-refractivity contribution is -0.114. The highest BCUT2D eigenvalue weighted by Crippen LogP contribution is 2.60. The lowest BCUT2D eigenvalue weighted by atomic mass is 9.52. The van der Waals surface area contributed by atoms with Gasteiger partial charge in [-0.25, -0.2) is 0 Å². The molecule has 0 aromatic carbocycles. The van der Waals surface area contributed by atoms with Crippen molar-refractivity contribution >= 4 is 11.6 Å². The Morgan fingerprint density at radius 2 is 1.27 bits per heavy atom. The summed E-state index contributed by atoms with van der Waals surface area (Å²) in [6.07, 6.45) is 14.3. The Morgan fingerprint density at radius 1 is 0.700 bits per heavy atom. The van der Waals surface area contributed by atoms with E-state index in [0.29, 0.717) is 35.5 Å². The number of carbonyl (C=O) groups is 2. The summed E-state index contributed by atoms with van der Waals surface area (Å²) in [4.78, 5) is 28.3. The number of fused-ring (bicyclic) bond motifs is 5. The number of aliphatic hydroxyl groups is 2. The fraction of sp³-hybridized carbons (Fsp3) is 0.556. The summed E-state index contributed by atoms with van der Waals surface area (Å²) < 4.78 is 0. The van der Waals surface area contributed by atoms with Crippen LogP contribution >= 0.6 is 0 Å². The van der Waals surface area contributed by atoms with E-state index < -0.39 is 12.2 Å². The van der Waals surface area contributed by atoms with E-state index in [9.17, 15) is 19.8 Å². The number of allylic oxidation sites excluding steroid dienone is 10. The van der Waals surface area contributed by atoms with Crippen LogP contribution in [-0.4, -0.2) is 34.0 Å². The van der Waals surface area contributed by atoms with Gasteiger partial charge in [0.1, 0.15) is 0 Å². The minimum absolute atomic E-state index is 0.110. The Kier molecular flexibility index (Phi) is 4.84. The van der Waals surface area contributed by atoms with E-state index in [1.165, 1.54) is 16.7 Å². The molecule has 0 radical (unpaired) electrons. The molecule has 206 valence electrons. The quantitative estimate of drug-likeness (QED) is 0.480. The first-order valence-corrected chi connectivity index (χ1v) is 15.9. The number of hydrogen-bond acceptors (Lipinski definition) is 4. The molecule has 4 heteroatoms. The van der Waals surface area contributed by atoms with E-state index >= 15 is 0 Å². The van der Waals surface area contributed by atoms with Crippen LogP contribution in [0.15, 0.2) is 80.0 Å². The maximum Gasteiger partial charge on any atom is 0.193 e. The average molecular weight is 535 g/mol. The van der Waals surface area contributed by atoms with Gasteiger partial charge in [0.05, 0.1) is 12.2 Å². The van der Waals surface area contributed by atoms with Gasteiger partial charge in [0.25, 0.3) is 0 Å². The lowest BCUT2D eigenvalue weighted by Gasteiger charge is -2.53. The summed E-state index contributed by atoms with van der Waals surface area (Å²) in [5, 5.41) is 23.9. The van der Waals surface area contributed by atoms with Crippen molar-refractivity contribution < 1.29 is 19.8 Å². The number of rotatable bonds is 2. The van der Waals surface area contributed by atoms with Crippen LogP contribution in [0.1, 0.15) is 65.2 Å². The van der Waals surface area contributed by atoms with Crippen LogP contribution in [0, 0.1) is 47.3 Å². The molecule has 4 nitrogen and oxygen atoms in total. The Balaban J connectivity index is 1.31. The summed E-state index contributed by atoms with van der Waals surface area (Å²) in [5.41, 5.74) is 9.88. The van der Waals surface area contributed by atoms with Crippen molar-refractivity contribution in [1.29, 1.82) is 0 Å². The molecule has 40 heavy (non-hydrogen) atoms. The lowest BCUT2D eigenvalue weighted by Crippen LogP contribution is -2.47. The van der Waals surface area contributed by atoms with Crippen molar-refractivity contribution in [3.05, 3.63) is 80.0 Å². The molecule has 0 aliphatic heterocycles. The zero-order valence-electron chi connectivity index (χ0n) is 23.5. The molecule has 0 saturated heterocycles. The third-order valence-corrected chi connectivity index (χ3v) is 13.0. The summed E-state index contributed by atoms with van der Waals surface area (Å²) in [7, 11) is 0. The topological polar surface area (TPSA) is 74.6 Å². The molecule has 8 aliphatic carbocycles. The number of aliphatic hydroxyl groups excluding tert-OH is 2. The van der Waals surface area contributed by atoms with Gasteiger partial charge in [-0.2, -0.15) is 0 Å². The highest BCUT2D eigenvalue weighted by Gasteiger charge is 2.53. The number of carbonyl (C=O) groups excluding carboxylic acids is 2. The summed E-state index contributed by atoms with van der Waals surface area (Å²) in [6.45, 7) is 4.52. The molecule has 0 aromatic rings. The Labute approximate surface area is 236 Å². The normalized spacial score (nSPS) is 44.0. The van der Waals surface area contributed by atoms with Gasteiger partial charge < -0.3 is 10.2 Å². The standard InChI is InChI=1S/C36H38O4/c1-3-19-21-11-29-25-7-15(21)5-16-8-26-30(12-22(16)19)36(40)32-14-24-18(10-28(32)34(26)38)6-17-9-27(33(25)37)31(35(29)39)13-23(17)20(24)4-2/h7-10,15,19-24,29,35-36,39-40H,3-6,11-14H2,1-2H3. The van der Waals surface area contributed by atoms with Crippen LogP contribution in [0.25, 0.3) is 0 Å². The molecule has 8 rings (SSSR count). The molecule has 2 fully saturated rings. The highest BCUT2D eigenvalue weighted by atomic mass is 16.3. The summed E-state index contributed by atoms with van der Waals surface area (Å²) >= 11 is 0. The molecule has 2 saturated carbocycles. The van der Waals surface area contributed by atoms with Crippen molar-refractivity contribution in [1.82, 2.24) is 0 Å². The fourth-order valence-corrected chi connectivity index (χ4v) is 11.2. The number of Topliss-reactive ketones (excluding diaryl/α,β-unsaturated/α-hetero) is 2.